The number of hydrogen-bond acceptors (Lipinski definition) is 2. The third kappa shape index (κ3) is 3.61. The number of hydrogen-bond donors (Lipinski definition) is 0. The molecule has 0 N–H and O–H groups in total. The van der Waals surface area contributed by atoms with Crippen molar-refractivity contribution < 1.29 is 4.42 Å². The molecule has 188 valence electrons. The van der Waals surface area contributed by atoms with Crippen molar-refractivity contribution in [3.63, 3.8) is 0 Å². The minimum Gasteiger partial charge on any atom is -0.455 e. The lowest BCUT2D eigenvalue weighted by molar-refractivity contribution is 0.602. The molecule has 0 saturated carbocycles. The highest BCUT2D eigenvalue weighted by molar-refractivity contribution is 7.26. The summed E-state index contributed by atoms with van der Waals surface area (Å²) in [6, 6.07) is 51.6. The topological polar surface area (TPSA) is 13.1 Å². The van der Waals surface area contributed by atoms with Gasteiger partial charge in [-0.25, -0.2) is 0 Å². The number of thiophene rings is 1. The second kappa shape index (κ2) is 9.37. The fourth-order valence-electron chi connectivity index (χ4n) is 5.91. The number of fused-ring (bicyclic) bond motifs is 4. The molecular formula is C38H24OS. The van der Waals surface area contributed by atoms with Gasteiger partial charge in [0.25, 0.3) is 0 Å². The highest BCUT2D eigenvalue weighted by Crippen LogP contribution is 2.49. The van der Waals surface area contributed by atoms with Crippen LogP contribution in [0.3, 0.4) is 0 Å². The summed E-state index contributed by atoms with van der Waals surface area (Å²) in [6.07, 6.45) is 0. The van der Waals surface area contributed by atoms with Crippen molar-refractivity contribution in [1.82, 2.24) is 0 Å². The second-order valence-corrected chi connectivity index (χ2v) is 11.1. The molecule has 2 heterocycles. The molecule has 1 nitrogen and oxygen atoms in total. The van der Waals surface area contributed by atoms with E-state index in [-0.39, 0.29) is 0 Å². The van der Waals surface area contributed by atoms with Gasteiger partial charge in [-0.2, -0.15) is 0 Å². The molecule has 0 atom stereocenters. The predicted octanol–water partition coefficient (Wildman–Crippen LogP) is 11.5. The largest absolute Gasteiger partial charge is 0.455 e. The van der Waals surface area contributed by atoms with Crippen LogP contribution in [0.5, 0.6) is 0 Å². The van der Waals surface area contributed by atoms with Gasteiger partial charge in [-0.15, -0.1) is 11.3 Å². The molecule has 0 amide bonds. The van der Waals surface area contributed by atoms with Crippen LogP contribution in [0.25, 0.3) is 75.8 Å². The van der Waals surface area contributed by atoms with Crippen LogP contribution >= 0.6 is 11.3 Å². The molecule has 8 aromatic rings. The van der Waals surface area contributed by atoms with E-state index in [4.69, 9.17) is 4.42 Å². The van der Waals surface area contributed by atoms with Gasteiger partial charge >= 0.3 is 0 Å². The quantitative estimate of drug-likeness (QED) is 0.221. The van der Waals surface area contributed by atoms with Gasteiger partial charge in [0, 0.05) is 47.6 Å². The fourth-order valence-corrected chi connectivity index (χ4v) is 7.18. The Kier molecular flexibility index (Phi) is 5.39. The van der Waals surface area contributed by atoms with E-state index in [1.165, 1.54) is 36.9 Å². The average Bonchev–Trinajstić information content (AvgIpc) is 3.60. The van der Waals surface area contributed by atoms with Gasteiger partial charge in [0.15, 0.2) is 0 Å². The van der Waals surface area contributed by atoms with E-state index in [9.17, 15) is 0 Å². The van der Waals surface area contributed by atoms with Crippen LogP contribution in [0, 0.1) is 0 Å². The molecule has 0 aliphatic rings. The molecule has 40 heavy (non-hydrogen) atoms. The van der Waals surface area contributed by atoms with E-state index in [1.54, 1.807) is 0 Å². The maximum Gasteiger partial charge on any atom is 0.143 e. The van der Waals surface area contributed by atoms with Crippen LogP contribution in [0.15, 0.2) is 150 Å². The third-order valence-corrected chi connectivity index (χ3v) is 8.94. The molecule has 0 unspecified atom stereocenters. The Balaban J connectivity index is 1.45. The molecule has 2 heteroatoms. The molecule has 2 aromatic heterocycles. The van der Waals surface area contributed by atoms with Gasteiger partial charge in [0.2, 0.25) is 0 Å². The zero-order valence-corrected chi connectivity index (χ0v) is 22.5. The zero-order chi connectivity index (χ0) is 26.5. The van der Waals surface area contributed by atoms with Crippen molar-refractivity contribution >= 4 is 42.3 Å². The Hall–Kier alpha value is -4.92. The fraction of sp³-hybridized carbons (Fsp3) is 0. The lowest BCUT2D eigenvalue weighted by Gasteiger charge is -2.11. The van der Waals surface area contributed by atoms with Crippen molar-refractivity contribution in [2.45, 2.75) is 0 Å². The Morgan fingerprint density at radius 3 is 1.65 bits per heavy atom. The molecule has 6 aromatic carbocycles. The molecule has 0 aliphatic carbocycles. The van der Waals surface area contributed by atoms with Gasteiger partial charge < -0.3 is 4.42 Å². The maximum atomic E-state index is 6.99. The molecular weight excluding hydrogens is 504 g/mol. The van der Waals surface area contributed by atoms with Crippen molar-refractivity contribution in [1.29, 1.82) is 0 Å². The van der Waals surface area contributed by atoms with Crippen LogP contribution in [-0.4, -0.2) is 0 Å². The van der Waals surface area contributed by atoms with Crippen LogP contribution in [0.2, 0.25) is 0 Å². The monoisotopic (exact) mass is 528 g/mol. The van der Waals surface area contributed by atoms with E-state index in [0.29, 0.717) is 0 Å². The number of furan rings is 1. The summed E-state index contributed by atoms with van der Waals surface area (Å²) in [4.78, 5) is 0. The minimum absolute atomic E-state index is 0.903. The summed E-state index contributed by atoms with van der Waals surface area (Å²) in [7, 11) is 0. The first-order chi connectivity index (χ1) is 19.9. The van der Waals surface area contributed by atoms with Gasteiger partial charge in [-0.05, 0) is 28.8 Å². The summed E-state index contributed by atoms with van der Waals surface area (Å²) in [5.41, 5.74) is 6.97. The van der Waals surface area contributed by atoms with E-state index < -0.39 is 0 Å². The first kappa shape index (κ1) is 23.0. The van der Waals surface area contributed by atoms with Gasteiger partial charge in [-0.1, -0.05) is 133 Å². The van der Waals surface area contributed by atoms with Gasteiger partial charge in [0.1, 0.15) is 11.5 Å². The highest BCUT2D eigenvalue weighted by Gasteiger charge is 2.23. The molecule has 0 radical (unpaired) electrons. The second-order valence-electron chi connectivity index (χ2n) is 10.0. The van der Waals surface area contributed by atoms with Crippen molar-refractivity contribution in [2.75, 3.05) is 0 Å². The SMILES string of the molecule is c1ccc(-c2ccccc2-c2oc(-c3ccc4c(sc5ccccc54)c3-c3ccccc3)c3ccccc23)cc1. The molecule has 0 spiro atoms. The predicted molar refractivity (Wildman–Crippen MR) is 171 cm³/mol. The molecule has 8 rings (SSSR count). The summed E-state index contributed by atoms with van der Waals surface area (Å²) < 4.78 is 9.58. The van der Waals surface area contributed by atoms with Crippen LogP contribution < -0.4 is 0 Å². The Morgan fingerprint density at radius 2 is 0.925 bits per heavy atom. The lowest BCUT2D eigenvalue weighted by atomic mass is 9.94. The normalized spacial score (nSPS) is 11.5. The molecule has 0 fully saturated rings. The number of rotatable bonds is 4. The molecule has 0 saturated heterocycles. The van der Waals surface area contributed by atoms with E-state index in [2.05, 4.69) is 146 Å². The summed E-state index contributed by atoms with van der Waals surface area (Å²) in [5.74, 6) is 1.81. The Bertz CT molecular complexity index is 2150. The smallest absolute Gasteiger partial charge is 0.143 e. The lowest BCUT2D eigenvalue weighted by Crippen LogP contribution is -1.85. The first-order valence-electron chi connectivity index (χ1n) is 13.5. The summed E-state index contributed by atoms with van der Waals surface area (Å²) in [5, 5.41) is 4.83. The van der Waals surface area contributed by atoms with E-state index >= 15 is 0 Å². The average molecular weight is 529 g/mol. The van der Waals surface area contributed by atoms with Crippen molar-refractivity contribution in [2.24, 2.45) is 0 Å². The minimum atomic E-state index is 0.903. The van der Waals surface area contributed by atoms with Crippen LogP contribution in [0.4, 0.5) is 0 Å². The van der Waals surface area contributed by atoms with Crippen molar-refractivity contribution in [3.05, 3.63) is 146 Å². The van der Waals surface area contributed by atoms with Crippen molar-refractivity contribution in [3.8, 4) is 44.9 Å². The number of benzene rings is 6. The summed E-state index contributed by atoms with van der Waals surface area (Å²) in [6.45, 7) is 0. The third-order valence-electron chi connectivity index (χ3n) is 7.73. The zero-order valence-electron chi connectivity index (χ0n) is 21.7. The Labute approximate surface area is 236 Å². The van der Waals surface area contributed by atoms with Gasteiger partial charge in [0.05, 0.1) is 0 Å². The first-order valence-corrected chi connectivity index (χ1v) is 14.3. The van der Waals surface area contributed by atoms with Crippen LogP contribution in [-0.2, 0) is 0 Å². The van der Waals surface area contributed by atoms with Crippen LogP contribution in [0.1, 0.15) is 0 Å². The summed E-state index contributed by atoms with van der Waals surface area (Å²) >= 11 is 1.86. The van der Waals surface area contributed by atoms with E-state index in [1.807, 2.05) is 11.3 Å². The van der Waals surface area contributed by atoms with Gasteiger partial charge in [-0.3, -0.25) is 0 Å². The highest BCUT2D eigenvalue weighted by atomic mass is 32.1. The maximum absolute atomic E-state index is 6.99. The molecule has 0 aliphatic heterocycles. The van der Waals surface area contributed by atoms with E-state index in [0.717, 1.165) is 39.0 Å². The Morgan fingerprint density at radius 1 is 0.375 bits per heavy atom. The standard InChI is InChI=1S/C38H24OS/c1-3-13-25(14-4-1)27-17-7-8-19-29(27)36-30-20-9-10-21-31(30)37(39-36)33-24-23-32-28-18-11-12-22-34(28)40-38(32)35(33)26-15-5-2-6-16-26/h1-24H. The molecule has 0 bridgehead atoms.